The van der Waals surface area contributed by atoms with Crippen LogP contribution >= 0.6 is 11.6 Å². The first kappa shape index (κ1) is 17.8. The quantitative estimate of drug-likeness (QED) is 0.440. The van der Waals surface area contributed by atoms with Gasteiger partial charge in [0.1, 0.15) is 0 Å². The Bertz CT molecular complexity index is 418. The summed E-state index contributed by atoms with van der Waals surface area (Å²) in [6.07, 6.45) is 1.25. The summed E-state index contributed by atoms with van der Waals surface area (Å²) in [4.78, 5) is 4.56. The third-order valence-corrected chi connectivity index (χ3v) is 2.99. The van der Waals surface area contributed by atoms with Crippen LogP contribution in [-0.4, -0.2) is 31.8 Å². The molecular weight excluding hydrogens is 286 g/mol. The van der Waals surface area contributed by atoms with Crippen LogP contribution < -0.4 is 10.6 Å². The van der Waals surface area contributed by atoms with Crippen LogP contribution in [0.25, 0.3) is 0 Å². The molecule has 0 bridgehead atoms. The molecule has 0 unspecified atom stereocenters. The standard InChI is InChI=1S/C16H26ClN3O/c1-4-18-16(19-10-5-11-21-13(2)3)20-12-14-6-8-15(17)9-7-14/h6-9,13H,4-5,10-12H2,1-3H3,(H2,18,19,20). The highest BCUT2D eigenvalue weighted by atomic mass is 35.5. The number of hydrogen-bond donors (Lipinski definition) is 2. The van der Waals surface area contributed by atoms with E-state index < -0.39 is 0 Å². The monoisotopic (exact) mass is 311 g/mol. The second-order valence-electron chi connectivity index (χ2n) is 5.02. The van der Waals surface area contributed by atoms with Gasteiger partial charge in [-0.2, -0.15) is 0 Å². The number of benzene rings is 1. The minimum absolute atomic E-state index is 0.289. The fraction of sp³-hybridized carbons (Fsp3) is 0.562. The van der Waals surface area contributed by atoms with Crippen molar-refractivity contribution in [1.82, 2.24) is 10.6 Å². The normalized spacial score (nSPS) is 11.8. The van der Waals surface area contributed by atoms with Gasteiger partial charge in [-0.15, -0.1) is 0 Å². The van der Waals surface area contributed by atoms with Crippen molar-refractivity contribution in [3.05, 3.63) is 34.9 Å². The maximum atomic E-state index is 5.87. The highest BCUT2D eigenvalue weighted by Crippen LogP contribution is 2.10. The van der Waals surface area contributed by atoms with E-state index in [0.29, 0.717) is 6.54 Å². The summed E-state index contributed by atoms with van der Waals surface area (Å²) in [7, 11) is 0. The summed E-state index contributed by atoms with van der Waals surface area (Å²) >= 11 is 5.87. The molecule has 0 aliphatic heterocycles. The number of halogens is 1. The predicted molar refractivity (Wildman–Crippen MR) is 90.0 cm³/mol. The maximum absolute atomic E-state index is 5.87. The van der Waals surface area contributed by atoms with E-state index in [4.69, 9.17) is 16.3 Å². The molecule has 118 valence electrons. The number of rotatable bonds is 8. The van der Waals surface area contributed by atoms with Crippen molar-refractivity contribution in [2.45, 2.75) is 39.8 Å². The van der Waals surface area contributed by atoms with Crippen LogP contribution in [0, 0.1) is 0 Å². The Hall–Kier alpha value is -1.26. The van der Waals surface area contributed by atoms with Crippen molar-refractivity contribution in [2.75, 3.05) is 19.7 Å². The summed E-state index contributed by atoms with van der Waals surface area (Å²) in [6.45, 7) is 9.24. The molecular formula is C16H26ClN3O. The number of aliphatic imine (C=N–C) groups is 1. The fourth-order valence-electron chi connectivity index (χ4n) is 1.70. The summed E-state index contributed by atoms with van der Waals surface area (Å²) < 4.78 is 5.51. The topological polar surface area (TPSA) is 45.7 Å². The Labute approximate surface area is 132 Å². The molecule has 1 aromatic carbocycles. The third kappa shape index (κ3) is 8.58. The number of nitrogens with one attached hydrogen (secondary N) is 2. The second kappa shape index (κ2) is 10.5. The number of hydrogen-bond acceptors (Lipinski definition) is 2. The number of nitrogens with zero attached hydrogens (tertiary/aromatic N) is 1. The highest BCUT2D eigenvalue weighted by Gasteiger charge is 1.98. The van der Waals surface area contributed by atoms with Crippen molar-refractivity contribution >= 4 is 17.6 Å². The maximum Gasteiger partial charge on any atom is 0.191 e. The smallest absolute Gasteiger partial charge is 0.191 e. The van der Waals surface area contributed by atoms with Gasteiger partial charge in [-0.05, 0) is 44.9 Å². The molecule has 0 aromatic heterocycles. The molecule has 0 radical (unpaired) electrons. The molecule has 4 nitrogen and oxygen atoms in total. The molecule has 0 aliphatic carbocycles. The lowest BCUT2D eigenvalue weighted by Gasteiger charge is -2.12. The molecule has 2 N–H and O–H groups in total. The highest BCUT2D eigenvalue weighted by molar-refractivity contribution is 6.30. The fourth-order valence-corrected chi connectivity index (χ4v) is 1.83. The minimum Gasteiger partial charge on any atom is -0.379 e. The van der Waals surface area contributed by atoms with E-state index in [1.165, 1.54) is 0 Å². The first-order chi connectivity index (χ1) is 10.1. The van der Waals surface area contributed by atoms with E-state index in [9.17, 15) is 0 Å². The van der Waals surface area contributed by atoms with Gasteiger partial charge in [0.25, 0.3) is 0 Å². The Morgan fingerprint density at radius 3 is 2.57 bits per heavy atom. The molecule has 0 amide bonds. The van der Waals surface area contributed by atoms with Gasteiger partial charge in [0, 0.05) is 24.7 Å². The van der Waals surface area contributed by atoms with Crippen LogP contribution in [0.2, 0.25) is 5.02 Å². The van der Waals surface area contributed by atoms with E-state index in [0.717, 1.165) is 42.7 Å². The molecule has 1 rings (SSSR count). The van der Waals surface area contributed by atoms with E-state index in [-0.39, 0.29) is 6.10 Å². The van der Waals surface area contributed by atoms with E-state index in [1.807, 2.05) is 38.1 Å². The number of ether oxygens (including phenoxy) is 1. The van der Waals surface area contributed by atoms with Crippen LogP contribution in [0.1, 0.15) is 32.8 Å². The molecule has 0 saturated carbocycles. The van der Waals surface area contributed by atoms with Crippen LogP contribution in [0.15, 0.2) is 29.3 Å². The van der Waals surface area contributed by atoms with Crippen molar-refractivity contribution in [2.24, 2.45) is 4.99 Å². The van der Waals surface area contributed by atoms with Crippen molar-refractivity contribution in [1.29, 1.82) is 0 Å². The summed E-state index contributed by atoms with van der Waals surface area (Å²) in [6, 6.07) is 7.75. The van der Waals surface area contributed by atoms with Gasteiger partial charge in [0.15, 0.2) is 5.96 Å². The molecule has 0 spiro atoms. The predicted octanol–water partition coefficient (Wildman–Crippen LogP) is 3.21. The summed E-state index contributed by atoms with van der Waals surface area (Å²) in [5, 5.41) is 7.29. The van der Waals surface area contributed by atoms with Crippen molar-refractivity contribution in [3.63, 3.8) is 0 Å². The Balaban J connectivity index is 2.37. The Morgan fingerprint density at radius 1 is 1.24 bits per heavy atom. The zero-order chi connectivity index (χ0) is 15.5. The first-order valence-electron chi connectivity index (χ1n) is 7.50. The van der Waals surface area contributed by atoms with Gasteiger partial charge in [0.2, 0.25) is 0 Å². The van der Waals surface area contributed by atoms with Crippen LogP contribution in [0.5, 0.6) is 0 Å². The molecule has 0 aliphatic rings. The lowest BCUT2D eigenvalue weighted by Crippen LogP contribution is -2.38. The number of guanidine groups is 1. The van der Waals surface area contributed by atoms with Crippen LogP contribution in [0.4, 0.5) is 0 Å². The van der Waals surface area contributed by atoms with Gasteiger partial charge in [-0.3, -0.25) is 0 Å². The SMILES string of the molecule is CCNC(=NCc1ccc(Cl)cc1)NCCCOC(C)C. The van der Waals surface area contributed by atoms with Gasteiger partial charge >= 0.3 is 0 Å². The first-order valence-corrected chi connectivity index (χ1v) is 7.87. The van der Waals surface area contributed by atoms with Crippen LogP contribution in [-0.2, 0) is 11.3 Å². The van der Waals surface area contributed by atoms with Gasteiger partial charge in [-0.25, -0.2) is 4.99 Å². The Kier molecular flexibility index (Phi) is 8.87. The van der Waals surface area contributed by atoms with Crippen molar-refractivity contribution in [3.8, 4) is 0 Å². The average Bonchev–Trinajstić information content (AvgIpc) is 2.45. The van der Waals surface area contributed by atoms with Crippen molar-refractivity contribution < 1.29 is 4.74 Å². The molecule has 21 heavy (non-hydrogen) atoms. The van der Waals surface area contributed by atoms with E-state index >= 15 is 0 Å². The Morgan fingerprint density at radius 2 is 1.95 bits per heavy atom. The van der Waals surface area contributed by atoms with E-state index in [1.54, 1.807) is 0 Å². The molecule has 0 heterocycles. The lowest BCUT2D eigenvalue weighted by atomic mass is 10.2. The largest absolute Gasteiger partial charge is 0.379 e. The zero-order valence-electron chi connectivity index (χ0n) is 13.2. The van der Waals surface area contributed by atoms with Gasteiger partial charge in [0.05, 0.1) is 12.6 Å². The van der Waals surface area contributed by atoms with Crippen LogP contribution in [0.3, 0.4) is 0 Å². The van der Waals surface area contributed by atoms with E-state index in [2.05, 4.69) is 22.5 Å². The summed E-state index contributed by atoms with van der Waals surface area (Å²) in [5.74, 6) is 0.831. The minimum atomic E-state index is 0.289. The molecule has 0 fully saturated rings. The van der Waals surface area contributed by atoms with Gasteiger partial charge in [-0.1, -0.05) is 23.7 Å². The zero-order valence-corrected chi connectivity index (χ0v) is 13.9. The lowest BCUT2D eigenvalue weighted by molar-refractivity contribution is 0.0776. The van der Waals surface area contributed by atoms with Gasteiger partial charge < -0.3 is 15.4 Å². The second-order valence-corrected chi connectivity index (χ2v) is 5.46. The summed E-state index contributed by atoms with van der Waals surface area (Å²) in [5.41, 5.74) is 1.14. The third-order valence-electron chi connectivity index (χ3n) is 2.74. The average molecular weight is 312 g/mol. The molecule has 0 saturated heterocycles. The molecule has 0 atom stereocenters. The molecule has 5 heteroatoms. The molecule has 1 aromatic rings.